The molecule has 0 spiro atoms. The number of hydrogen-bond acceptors (Lipinski definition) is 8. The highest BCUT2D eigenvalue weighted by molar-refractivity contribution is 7.07. The Hall–Kier alpha value is -4.57. The lowest BCUT2D eigenvalue weighted by Crippen LogP contribution is -2.39. The van der Waals surface area contributed by atoms with Gasteiger partial charge in [0.1, 0.15) is 11.5 Å². The third-order valence-corrected chi connectivity index (χ3v) is 7.13. The van der Waals surface area contributed by atoms with Crippen molar-refractivity contribution in [3.63, 3.8) is 0 Å². The first-order valence-corrected chi connectivity index (χ1v) is 12.7. The molecule has 3 heterocycles. The summed E-state index contributed by atoms with van der Waals surface area (Å²) >= 11 is 1.19. The number of nitrogens with zero attached hydrogens (tertiary/aromatic N) is 3. The quantitative estimate of drug-likeness (QED) is 0.209. The Morgan fingerprint density at radius 2 is 1.95 bits per heavy atom. The molecule has 0 N–H and O–H groups in total. The Kier molecular flexibility index (Phi) is 6.64. The van der Waals surface area contributed by atoms with Crippen LogP contribution in [0.15, 0.2) is 86.1 Å². The predicted molar refractivity (Wildman–Crippen MR) is 142 cm³/mol. The van der Waals surface area contributed by atoms with Crippen molar-refractivity contribution in [1.82, 2.24) is 4.57 Å². The molecule has 2 aromatic carbocycles. The van der Waals surface area contributed by atoms with Gasteiger partial charge in [-0.3, -0.25) is 19.5 Å². The maximum absolute atomic E-state index is 13.7. The minimum absolute atomic E-state index is 0.0439. The van der Waals surface area contributed by atoms with Crippen LogP contribution in [0.25, 0.3) is 17.4 Å². The number of ether oxygens (including phenoxy) is 1. The molecule has 0 saturated carbocycles. The summed E-state index contributed by atoms with van der Waals surface area (Å²) in [6.45, 7) is 5.64. The van der Waals surface area contributed by atoms with Gasteiger partial charge in [-0.15, -0.1) is 0 Å². The normalized spacial score (nSPS) is 15.2. The number of aromatic nitrogens is 1. The molecule has 0 unspecified atom stereocenters. The molecule has 1 atom stereocenters. The van der Waals surface area contributed by atoms with Gasteiger partial charge in [0.05, 0.1) is 33.4 Å². The van der Waals surface area contributed by atoms with Crippen molar-refractivity contribution in [2.75, 3.05) is 6.61 Å². The van der Waals surface area contributed by atoms with Gasteiger partial charge in [-0.2, -0.15) is 0 Å². The predicted octanol–water partition coefficient (Wildman–Crippen LogP) is 4.27. The first-order valence-electron chi connectivity index (χ1n) is 11.9. The largest absolute Gasteiger partial charge is 0.463 e. The van der Waals surface area contributed by atoms with Gasteiger partial charge in [-0.05, 0) is 38.5 Å². The molecule has 0 bridgehead atoms. The van der Waals surface area contributed by atoms with Crippen LogP contribution in [-0.4, -0.2) is 22.1 Å². The van der Waals surface area contributed by atoms with Crippen LogP contribution < -0.4 is 14.9 Å². The minimum atomic E-state index is -0.690. The lowest BCUT2D eigenvalue weighted by atomic mass is 9.95. The maximum atomic E-state index is 13.7. The van der Waals surface area contributed by atoms with Crippen LogP contribution >= 0.6 is 11.3 Å². The standard InChI is InChI=1S/C28H23N3O6S/c1-4-36-27(33)24-17(3)29-28-30(25(24)18-10-8-16(2)9-11-18)26(32)23(38-28)15-21-12-13-22(37-21)19-6-5-7-20(14-19)31(34)35/h5-15,25H,4H2,1-3H3/b23-15-/t25-/m0/s1. The Morgan fingerprint density at radius 1 is 1.18 bits per heavy atom. The van der Waals surface area contributed by atoms with E-state index in [1.165, 1.54) is 28.0 Å². The summed E-state index contributed by atoms with van der Waals surface area (Å²) in [5.74, 6) is 0.330. The van der Waals surface area contributed by atoms with E-state index in [1.54, 1.807) is 44.2 Å². The van der Waals surface area contributed by atoms with E-state index in [4.69, 9.17) is 9.15 Å². The molecule has 10 heteroatoms. The number of nitro benzene ring substituents is 1. The molecule has 2 aromatic heterocycles. The second kappa shape index (κ2) is 10.1. The summed E-state index contributed by atoms with van der Waals surface area (Å²) in [7, 11) is 0. The summed E-state index contributed by atoms with van der Waals surface area (Å²) < 4.78 is 13.1. The van der Waals surface area contributed by atoms with Gasteiger partial charge in [-0.25, -0.2) is 9.79 Å². The monoisotopic (exact) mass is 529 g/mol. The first kappa shape index (κ1) is 25.1. The second-order valence-corrected chi connectivity index (χ2v) is 9.73. The number of carbonyl (C=O) groups excluding carboxylic acids is 1. The lowest BCUT2D eigenvalue weighted by molar-refractivity contribution is -0.384. The van der Waals surface area contributed by atoms with Crippen LogP contribution in [-0.2, 0) is 9.53 Å². The summed E-state index contributed by atoms with van der Waals surface area (Å²) in [4.78, 5) is 42.3. The third-order valence-electron chi connectivity index (χ3n) is 6.15. The molecule has 0 saturated heterocycles. The van der Waals surface area contributed by atoms with Gasteiger partial charge in [0.25, 0.3) is 11.2 Å². The molecule has 0 aliphatic carbocycles. The number of furan rings is 1. The fourth-order valence-electron chi connectivity index (χ4n) is 4.34. The lowest BCUT2D eigenvalue weighted by Gasteiger charge is -2.24. The SMILES string of the molecule is CCOC(=O)C1=C(C)N=c2s/c(=C\c3ccc(-c4cccc([N+](=O)[O-])c4)o3)c(=O)n2[C@H]1c1ccc(C)cc1. The Bertz CT molecular complexity index is 1780. The third kappa shape index (κ3) is 4.61. The number of thiazole rings is 1. The number of fused-ring (bicyclic) bond motifs is 1. The molecule has 0 amide bonds. The van der Waals surface area contributed by atoms with Gasteiger partial charge in [-0.1, -0.05) is 53.3 Å². The van der Waals surface area contributed by atoms with Gasteiger partial charge in [0, 0.05) is 23.8 Å². The fraction of sp³-hybridized carbons (Fsp3) is 0.179. The summed E-state index contributed by atoms with van der Waals surface area (Å²) in [5.41, 5.74) is 2.82. The highest BCUT2D eigenvalue weighted by Crippen LogP contribution is 2.31. The van der Waals surface area contributed by atoms with E-state index in [2.05, 4.69) is 4.99 Å². The van der Waals surface area contributed by atoms with Gasteiger partial charge in [0.2, 0.25) is 0 Å². The smallest absolute Gasteiger partial charge is 0.338 e. The van der Waals surface area contributed by atoms with Crippen molar-refractivity contribution in [2.24, 2.45) is 4.99 Å². The van der Waals surface area contributed by atoms with Crippen LogP contribution in [0.1, 0.15) is 36.8 Å². The van der Waals surface area contributed by atoms with Crippen molar-refractivity contribution in [3.05, 3.63) is 119 Å². The average Bonchev–Trinajstić information content (AvgIpc) is 3.48. The molecule has 4 aromatic rings. The van der Waals surface area contributed by atoms with Crippen molar-refractivity contribution in [1.29, 1.82) is 0 Å². The molecule has 5 rings (SSSR count). The number of rotatable bonds is 6. The number of aryl methyl sites for hydroxylation is 1. The molecule has 38 heavy (non-hydrogen) atoms. The number of carbonyl (C=O) groups is 1. The Labute approximate surface area is 220 Å². The highest BCUT2D eigenvalue weighted by atomic mass is 32.1. The van der Waals surface area contributed by atoms with Gasteiger partial charge >= 0.3 is 5.97 Å². The average molecular weight is 530 g/mol. The van der Waals surface area contributed by atoms with Gasteiger partial charge in [0.15, 0.2) is 4.80 Å². The molecule has 0 fully saturated rings. The van der Waals surface area contributed by atoms with Crippen LogP contribution in [0.4, 0.5) is 5.69 Å². The van der Waals surface area contributed by atoms with Crippen molar-refractivity contribution in [2.45, 2.75) is 26.8 Å². The van der Waals surface area contributed by atoms with E-state index in [0.29, 0.717) is 37.7 Å². The molecule has 9 nitrogen and oxygen atoms in total. The minimum Gasteiger partial charge on any atom is -0.463 e. The number of nitro groups is 1. The number of allylic oxidation sites excluding steroid dienone is 1. The molecule has 192 valence electrons. The highest BCUT2D eigenvalue weighted by Gasteiger charge is 2.33. The van der Waals surface area contributed by atoms with Crippen molar-refractivity contribution >= 4 is 29.1 Å². The first-order chi connectivity index (χ1) is 18.3. The zero-order chi connectivity index (χ0) is 27.0. The van der Waals surface area contributed by atoms with Crippen molar-refractivity contribution in [3.8, 4) is 11.3 Å². The number of esters is 1. The topological polar surface area (TPSA) is 117 Å². The molecule has 1 aliphatic rings. The number of benzene rings is 2. The molecular formula is C28H23N3O6S. The number of non-ortho nitro benzene ring substituents is 1. The maximum Gasteiger partial charge on any atom is 0.338 e. The fourth-order valence-corrected chi connectivity index (χ4v) is 5.37. The zero-order valence-electron chi connectivity index (χ0n) is 20.8. The second-order valence-electron chi connectivity index (χ2n) is 8.72. The van der Waals surface area contributed by atoms with E-state index in [0.717, 1.165) is 11.1 Å². The van der Waals surface area contributed by atoms with Crippen LogP contribution in [0, 0.1) is 17.0 Å². The molecular weight excluding hydrogens is 506 g/mol. The Morgan fingerprint density at radius 3 is 2.66 bits per heavy atom. The van der Waals surface area contributed by atoms with Crippen LogP contribution in [0.3, 0.4) is 0 Å². The van der Waals surface area contributed by atoms with Crippen LogP contribution in [0.5, 0.6) is 0 Å². The van der Waals surface area contributed by atoms with E-state index < -0.39 is 16.9 Å². The molecule has 1 aliphatic heterocycles. The van der Waals surface area contributed by atoms with E-state index in [9.17, 15) is 19.7 Å². The Balaban J connectivity index is 1.61. The number of hydrogen-bond donors (Lipinski definition) is 0. The van der Waals surface area contributed by atoms with E-state index in [-0.39, 0.29) is 17.9 Å². The van der Waals surface area contributed by atoms with E-state index >= 15 is 0 Å². The zero-order valence-corrected chi connectivity index (χ0v) is 21.7. The summed E-state index contributed by atoms with van der Waals surface area (Å²) in [6, 6.07) is 16.5. The van der Waals surface area contributed by atoms with Crippen molar-refractivity contribution < 1.29 is 18.9 Å². The van der Waals surface area contributed by atoms with Gasteiger partial charge < -0.3 is 9.15 Å². The summed E-state index contributed by atoms with van der Waals surface area (Å²) in [5, 5.41) is 11.1. The summed E-state index contributed by atoms with van der Waals surface area (Å²) in [6.07, 6.45) is 1.61. The van der Waals surface area contributed by atoms with E-state index in [1.807, 2.05) is 31.2 Å². The van der Waals surface area contributed by atoms with Crippen LogP contribution in [0.2, 0.25) is 0 Å². The molecule has 0 radical (unpaired) electrons.